The minimum Gasteiger partial charge on any atom is -0.494 e. The minimum atomic E-state index is -0.638. The summed E-state index contributed by atoms with van der Waals surface area (Å²) in [5, 5.41) is 19.6. The van der Waals surface area contributed by atoms with Crippen LogP contribution in [0.2, 0.25) is 0 Å². The van der Waals surface area contributed by atoms with Gasteiger partial charge in [-0.3, -0.25) is 14.9 Å². The van der Waals surface area contributed by atoms with E-state index in [1.807, 2.05) is 6.07 Å². The second kappa shape index (κ2) is 7.78. The Labute approximate surface area is 171 Å². The number of amides is 4. The van der Waals surface area contributed by atoms with Crippen molar-refractivity contribution < 1.29 is 19.5 Å². The van der Waals surface area contributed by atoms with Crippen LogP contribution >= 0.6 is 0 Å². The number of fused-ring (bicyclic) bond motifs is 1. The van der Waals surface area contributed by atoms with E-state index >= 15 is 0 Å². The molecule has 9 nitrogen and oxygen atoms in total. The first-order chi connectivity index (χ1) is 14.4. The maximum atomic E-state index is 12.1. The maximum absolute atomic E-state index is 12.1. The Hall–Kier alpha value is -4.01. The number of anilines is 2. The average Bonchev–Trinajstić information content (AvgIpc) is 3.02. The molecule has 1 aromatic heterocycles. The highest BCUT2D eigenvalue weighted by Crippen LogP contribution is 2.33. The van der Waals surface area contributed by atoms with Gasteiger partial charge in [-0.15, -0.1) is 0 Å². The molecule has 3 aromatic rings. The summed E-state index contributed by atoms with van der Waals surface area (Å²) < 4.78 is 1.48. The Kier molecular flexibility index (Phi) is 5.01. The Morgan fingerprint density at radius 1 is 1.23 bits per heavy atom. The van der Waals surface area contributed by atoms with Gasteiger partial charge in [-0.25, -0.2) is 4.79 Å². The first-order valence-electron chi connectivity index (χ1n) is 9.47. The lowest BCUT2D eigenvalue weighted by molar-refractivity contribution is -0.135. The molecule has 1 fully saturated rings. The summed E-state index contributed by atoms with van der Waals surface area (Å²) >= 11 is 0. The molecule has 30 heavy (non-hydrogen) atoms. The quantitative estimate of drug-likeness (QED) is 0.333. The van der Waals surface area contributed by atoms with Crippen LogP contribution in [0, 0.1) is 0 Å². The van der Waals surface area contributed by atoms with E-state index in [4.69, 9.17) is 5.73 Å². The number of benzene rings is 2. The number of aromatic hydroxyl groups is 1. The molecule has 1 aliphatic rings. The third kappa shape index (κ3) is 3.90. The average molecular weight is 407 g/mol. The second-order valence-electron chi connectivity index (χ2n) is 7.18. The zero-order valence-corrected chi connectivity index (χ0v) is 16.0. The Morgan fingerprint density at radius 2 is 2.07 bits per heavy atom. The largest absolute Gasteiger partial charge is 0.494 e. The predicted octanol–water partition coefficient (Wildman–Crippen LogP) is 2.23. The molecular weight excluding hydrogens is 386 g/mol. The number of carbonyl (C=O) groups is 3. The SMILES string of the molecule is Nc1cccc(NC(=O)NCc2ccc3c(O)n(C4CCC(=O)NC4=O)cc3c2)c1. The molecule has 6 N–H and O–H groups in total. The molecule has 0 spiro atoms. The number of carbonyl (C=O) groups excluding carboxylic acids is 3. The van der Waals surface area contributed by atoms with Crippen molar-refractivity contribution >= 4 is 40.0 Å². The van der Waals surface area contributed by atoms with E-state index in [0.29, 0.717) is 23.2 Å². The molecule has 0 radical (unpaired) electrons. The lowest BCUT2D eigenvalue weighted by Gasteiger charge is -2.22. The maximum Gasteiger partial charge on any atom is 0.319 e. The van der Waals surface area contributed by atoms with E-state index in [9.17, 15) is 19.5 Å². The number of nitrogen functional groups attached to an aromatic ring is 1. The van der Waals surface area contributed by atoms with Gasteiger partial charge in [0.15, 0.2) is 5.88 Å². The highest BCUT2D eigenvalue weighted by Gasteiger charge is 2.29. The van der Waals surface area contributed by atoms with Gasteiger partial charge in [0.1, 0.15) is 6.04 Å². The van der Waals surface area contributed by atoms with Gasteiger partial charge in [0.05, 0.1) is 0 Å². The number of nitrogens with one attached hydrogen (secondary N) is 3. The molecule has 1 aliphatic heterocycles. The van der Waals surface area contributed by atoms with Crippen molar-refractivity contribution in [3.8, 4) is 5.88 Å². The number of rotatable bonds is 4. The zero-order chi connectivity index (χ0) is 21.3. The number of hydrogen-bond acceptors (Lipinski definition) is 5. The molecule has 2 heterocycles. The number of nitrogens with two attached hydrogens (primary N) is 1. The minimum absolute atomic E-state index is 0.0292. The monoisotopic (exact) mass is 407 g/mol. The van der Waals surface area contributed by atoms with Crippen LogP contribution in [0.4, 0.5) is 16.2 Å². The van der Waals surface area contributed by atoms with Crippen molar-refractivity contribution in [1.82, 2.24) is 15.2 Å². The van der Waals surface area contributed by atoms with E-state index < -0.39 is 11.9 Å². The molecule has 0 saturated carbocycles. The Balaban J connectivity index is 1.46. The standard InChI is InChI=1S/C21H21N5O4/c22-14-2-1-3-15(9-14)24-21(30)23-10-12-4-5-16-13(8-12)11-26(20(16)29)17-6-7-18(27)25-19(17)28/h1-5,8-9,11,17,29H,6-7,10,22H2,(H2,23,24,30)(H,25,27,28). The molecule has 1 saturated heterocycles. The Morgan fingerprint density at radius 3 is 2.83 bits per heavy atom. The normalized spacial score (nSPS) is 16.3. The predicted molar refractivity (Wildman–Crippen MR) is 112 cm³/mol. The fourth-order valence-corrected chi connectivity index (χ4v) is 3.54. The summed E-state index contributed by atoms with van der Waals surface area (Å²) in [5.74, 6) is -0.766. The van der Waals surface area contributed by atoms with Gasteiger partial charge in [0, 0.05) is 41.3 Å². The van der Waals surface area contributed by atoms with Crippen LogP contribution in [0.3, 0.4) is 0 Å². The van der Waals surface area contributed by atoms with E-state index in [1.54, 1.807) is 42.6 Å². The summed E-state index contributed by atoms with van der Waals surface area (Å²) in [6.07, 6.45) is 2.24. The lowest BCUT2D eigenvalue weighted by atomic mass is 10.1. The molecular formula is C21H21N5O4. The molecule has 0 aliphatic carbocycles. The highest BCUT2D eigenvalue weighted by molar-refractivity contribution is 6.00. The van der Waals surface area contributed by atoms with Gasteiger partial charge in [-0.1, -0.05) is 12.1 Å². The van der Waals surface area contributed by atoms with Crippen LogP contribution in [0.5, 0.6) is 5.88 Å². The van der Waals surface area contributed by atoms with Crippen LogP contribution < -0.4 is 21.7 Å². The highest BCUT2D eigenvalue weighted by atomic mass is 16.3. The van der Waals surface area contributed by atoms with Crippen molar-refractivity contribution in [3.05, 3.63) is 54.2 Å². The van der Waals surface area contributed by atoms with E-state index in [0.717, 1.165) is 10.9 Å². The van der Waals surface area contributed by atoms with Gasteiger partial charge in [0.25, 0.3) is 0 Å². The van der Waals surface area contributed by atoms with Gasteiger partial charge < -0.3 is 26.0 Å². The molecule has 154 valence electrons. The molecule has 0 bridgehead atoms. The summed E-state index contributed by atoms with van der Waals surface area (Å²) in [5.41, 5.74) is 7.67. The van der Waals surface area contributed by atoms with E-state index in [-0.39, 0.29) is 30.8 Å². The fourth-order valence-electron chi connectivity index (χ4n) is 3.54. The summed E-state index contributed by atoms with van der Waals surface area (Å²) in [4.78, 5) is 35.6. The van der Waals surface area contributed by atoms with Gasteiger partial charge in [-0.05, 0) is 42.3 Å². The number of nitrogens with zero attached hydrogens (tertiary/aromatic N) is 1. The molecule has 1 unspecified atom stereocenters. The number of piperidine rings is 1. The van der Waals surface area contributed by atoms with Crippen LogP contribution in [0.25, 0.3) is 10.8 Å². The molecule has 4 amide bonds. The van der Waals surface area contributed by atoms with Gasteiger partial charge in [-0.2, -0.15) is 0 Å². The lowest BCUT2D eigenvalue weighted by Crippen LogP contribution is -2.41. The molecule has 2 aromatic carbocycles. The van der Waals surface area contributed by atoms with Crippen molar-refractivity contribution in [2.24, 2.45) is 0 Å². The summed E-state index contributed by atoms with van der Waals surface area (Å²) in [6, 6.07) is 11.2. The van der Waals surface area contributed by atoms with Crippen molar-refractivity contribution in [2.45, 2.75) is 25.4 Å². The van der Waals surface area contributed by atoms with Gasteiger partial charge in [0.2, 0.25) is 11.8 Å². The topological polar surface area (TPSA) is 138 Å². The number of imide groups is 1. The van der Waals surface area contributed by atoms with Gasteiger partial charge >= 0.3 is 6.03 Å². The summed E-state index contributed by atoms with van der Waals surface area (Å²) in [6.45, 7) is 0.272. The second-order valence-corrected chi connectivity index (χ2v) is 7.18. The number of hydrogen-bond donors (Lipinski definition) is 5. The van der Waals surface area contributed by atoms with Crippen LogP contribution in [0.15, 0.2) is 48.7 Å². The smallest absolute Gasteiger partial charge is 0.319 e. The van der Waals surface area contributed by atoms with Crippen LogP contribution in [-0.4, -0.2) is 27.5 Å². The Bertz CT molecular complexity index is 1150. The fraction of sp³-hybridized carbons (Fsp3) is 0.190. The number of urea groups is 1. The molecule has 9 heteroatoms. The van der Waals surface area contributed by atoms with Crippen LogP contribution in [0.1, 0.15) is 24.4 Å². The molecule has 1 atom stereocenters. The molecule has 4 rings (SSSR count). The zero-order valence-electron chi connectivity index (χ0n) is 16.0. The first kappa shape index (κ1) is 19.3. The van der Waals surface area contributed by atoms with Crippen molar-refractivity contribution in [2.75, 3.05) is 11.1 Å². The van der Waals surface area contributed by atoms with Crippen LogP contribution in [-0.2, 0) is 16.1 Å². The van der Waals surface area contributed by atoms with E-state index in [2.05, 4.69) is 16.0 Å². The third-order valence-electron chi connectivity index (χ3n) is 5.02. The van der Waals surface area contributed by atoms with Crippen molar-refractivity contribution in [1.29, 1.82) is 0 Å². The van der Waals surface area contributed by atoms with E-state index in [1.165, 1.54) is 4.57 Å². The van der Waals surface area contributed by atoms with Crippen molar-refractivity contribution in [3.63, 3.8) is 0 Å². The summed E-state index contributed by atoms with van der Waals surface area (Å²) in [7, 11) is 0. The first-order valence-corrected chi connectivity index (χ1v) is 9.47. The number of aromatic nitrogens is 1. The third-order valence-corrected chi connectivity index (χ3v) is 5.02.